The van der Waals surface area contributed by atoms with Crippen molar-refractivity contribution in [1.29, 1.82) is 0 Å². The Morgan fingerprint density at radius 2 is 2.22 bits per heavy atom. The second-order valence-corrected chi connectivity index (χ2v) is 1.55. The third-order valence-corrected chi connectivity index (χ3v) is 0.757. The molecular formula is C4H7NO2PU-. The maximum atomic E-state index is 10.3. The Kier molecular flexibility index (Phi) is 8.96. The molecule has 3 nitrogen and oxygen atoms in total. The minimum atomic E-state index is -0.585. The Bertz CT molecular complexity index is 117. The van der Waals surface area contributed by atoms with E-state index in [-0.39, 0.29) is 45.6 Å². The Balaban J connectivity index is 0. The molecule has 0 radical (unpaired) electrons. The topological polar surface area (TPSA) is 52.3 Å². The van der Waals surface area contributed by atoms with Crippen LogP contribution in [0.5, 0.6) is 0 Å². The molecule has 0 aliphatic carbocycles. The van der Waals surface area contributed by atoms with Crippen molar-refractivity contribution in [3.8, 4) is 0 Å². The third-order valence-electron chi connectivity index (χ3n) is 0.427. The SMILES string of the molecule is C=C(N)C(=O)OP[CH2-].[U]. The Morgan fingerprint density at radius 1 is 1.78 bits per heavy atom. The van der Waals surface area contributed by atoms with Crippen LogP contribution >= 0.6 is 8.81 Å². The fraction of sp³-hybridized carbons (Fsp3) is 0. The summed E-state index contributed by atoms with van der Waals surface area (Å²) in [5.41, 5.74) is 4.85. The standard InChI is InChI=1S/C4H7NO2P.U/c1-3(5)4(6)7-8-2;/h8H,1-2,5H2;/q-1;. The first-order valence-electron chi connectivity index (χ1n) is 1.86. The van der Waals surface area contributed by atoms with Crippen LogP contribution in [0.4, 0.5) is 0 Å². The van der Waals surface area contributed by atoms with Gasteiger partial charge in [0.1, 0.15) is 5.70 Å². The fourth-order valence-corrected chi connectivity index (χ4v) is 0.393. The quantitative estimate of drug-likeness (QED) is 0.435. The van der Waals surface area contributed by atoms with E-state index >= 15 is 0 Å². The molecule has 0 saturated carbocycles. The molecule has 0 aromatic heterocycles. The molecule has 1 atom stereocenters. The molecule has 0 aromatic carbocycles. The van der Waals surface area contributed by atoms with Crippen LogP contribution in [0.25, 0.3) is 0 Å². The number of carbonyl (C=O) groups excluding carboxylic acids is 1. The summed E-state index contributed by atoms with van der Waals surface area (Å²) >= 11 is 0. The number of hydrogen-bond acceptors (Lipinski definition) is 3. The summed E-state index contributed by atoms with van der Waals surface area (Å²) in [7, 11) is -0.109. The van der Waals surface area contributed by atoms with Gasteiger partial charge in [0.25, 0.3) is 0 Å². The summed E-state index contributed by atoms with van der Waals surface area (Å²) in [4.78, 5) is 10.3. The van der Waals surface area contributed by atoms with Gasteiger partial charge in [-0.15, -0.1) is 0 Å². The van der Waals surface area contributed by atoms with Gasteiger partial charge in [0, 0.05) is 31.1 Å². The summed E-state index contributed by atoms with van der Waals surface area (Å²) in [6, 6.07) is 0. The van der Waals surface area contributed by atoms with Crippen molar-refractivity contribution in [1.82, 2.24) is 0 Å². The Hall–Kier alpha value is 0.492. The molecule has 0 amide bonds. The molecule has 0 saturated heterocycles. The van der Waals surface area contributed by atoms with Crippen LogP contribution in [0.15, 0.2) is 12.3 Å². The fourth-order valence-electron chi connectivity index (χ4n) is 0.131. The second kappa shape index (κ2) is 6.61. The molecule has 0 spiro atoms. The molecule has 1 unspecified atom stereocenters. The van der Waals surface area contributed by atoms with Crippen LogP contribution in [0.1, 0.15) is 0 Å². The third kappa shape index (κ3) is 6.38. The minimum Gasteiger partial charge on any atom is -0.478 e. The van der Waals surface area contributed by atoms with E-state index in [0.29, 0.717) is 0 Å². The van der Waals surface area contributed by atoms with E-state index < -0.39 is 5.97 Å². The molecule has 0 rings (SSSR count). The smallest absolute Gasteiger partial charge is 0.353 e. The van der Waals surface area contributed by atoms with Crippen LogP contribution in [-0.4, -0.2) is 5.97 Å². The van der Waals surface area contributed by atoms with E-state index in [0.717, 1.165) is 0 Å². The predicted molar refractivity (Wildman–Crippen MR) is 33.1 cm³/mol. The molecule has 0 heterocycles. The number of rotatable bonds is 2. The van der Waals surface area contributed by atoms with Gasteiger partial charge in [-0.05, 0) is 0 Å². The van der Waals surface area contributed by atoms with Gasteiger partial charge in [-0.3, -0.25) is 6.66 Å². The van der Waals surface area contributed by atoms with Gasteiger partial charge in [-0.25, -0.2) is 4.79 Å². The summed E-state index contributed by atoms with van der Waals surface area (Å²) in [5, 5.41) is 0. The normalized spacial score (nSPS) is 8.56. The van der Waals surface area contributed by atoms with Crippen LogP contribution in [0.2, 0.25) is 0 Å². The average Bonchev–Trinajstić information content (AvgIpc) is 1.67. The molecule has 50 valence electrons. The molecule has 9 heavy (non-hydrogen) atoms. The Labute approximate surface area is 79.6 Å². The van der Waals surface area contributed by atoms with Crippen LogP contribution in [0.3, 0.4) is 0 Å². The molecule has 2 N–H and O–H groups in total. The molecule has 0 aromatic rings. The minimum absolute atomic E-state index is 0. The maximum absolute atomic E-state index is 10.3. The van der Waals surface area contributed by atoms with Crippen molar-refractivity contribution < 1.29 is 40.4 Å². The Morgan fingerprint density at radius 3 is 2.33 bits per heavy atom. The predicted octanol–water partition coefficient (Wildman–Crippen LogP) is 0.387. The first-order chi connectivity index (χ1) is 3.68. The van der Waals surface area contributed by atoms with Gasteiger partial charge in [0.15, 0.2) is 0 Å². The van der Waals surface area contributed by atoms with Gasteiger partial charge in [0.05, 0.1) is 0 Å². The number of nitrogens with two attached hydrogens (primary N) is 1. The largest absolute Gasteiger partial charge is 0.478 e. The zero-order valence-corrected chi connectivity index (χ0v) is 9.97. The zero-order valence-electron chi connectivity index (χ0n) is 4.81. The molecule has 5 heteroatoms. The van der Waals surface area contributed by atoms with Crippen LogP contribution in [-0.2, 0) is 9.32 Å². The van der Waals surface area contributed by atoms with Crippen molar-refractivity contribution in [2.24, 2.45) is 5.73 Å². The van der Waals surface area contributed by atoms with Gasteiger partial charge >= 0.3 is 5.97 Å². The van der Waals surface area contributed by atoms with E-state index in [1.165, 1.54) is 0 Å². The van der Waals surface area contributed by atoms with Gasteiger partial charge < -0.3 is 10.3 Å². The summed E-state index contributed by atoms with van der Waals surface area (Å²) in [5.74, 6) is -0.585. The van der Waals surface area contributed by atoms with Crippen LogP contribution < -0.4 is 5.73 Å². The summed E-state index contributed by atoms with van der Waals surface area (Å²) < 4.78 is 4.36. The molecule has 0 fully saturated rings. The van der Waals surface area contributed by atoms with E-state index in [4.69, 9.17) is 5.73 Å². The first kappa shape index (κ1) is 12.2. The van der Waals surface area contributed by atoms with Gasteiger partial charge in [0.2, 0.25) is 0 Å². The van der Waals surface area contributed by atoms with E-state index in [9.17, 15) is 4.79 Å². The van der Waals surface area contributed by atoms with Crippen molar-refractivity contribution >= 4 is 14.8 Å². The zero-order chi connectivity index (χ0) is 6.57. The van der Waals surface area contributed by atoms with Crippen molar-refractivity contribution in [2.75, 3.05) is 0 Å². The second-order valence-electron chi connectivity index (χ2n) is 1.06. The number of carbonyl (C=O) groups is 1. The van der Waals surface area contributed by atoms with E-state index in [2.05, 4.69) is 17.8 Å². The van der Waals surface area contributed by atoms with Crippen molar-refractivity contribution in [2.45, 2.75) is 0 Å². The van der Waals surface area contributed by atoms with Crippen molar-refractivity contribution in [3.05, 3.63) is 18.9 Å². The van der Waals surface area contributed by atoms with E-state index in [1.807, 2.05) is 0 Å². The monoisotopic (exact) mass is 370 g/mol. The molecule has 0 aliphatic rings. The average molecular weight is 370 g/mol. The van der Waals surface area contributed by atoms with Gasteiger partial charge in [-0.2, -0.15) is 0 Å². The number of hydrogen-bond donors (Lipinski definition) is 1. The first-order valence-corrected chi connectivity index (χ1v) is 2.97. The van der Waals surface area contributed by atoms with E-state index in [1.54, 1.807) is 0 Å². The summed E-state index contributed by atoms with van der Waals surface area (Å²) in [6.45, 7) is 6.45. The molecular weight excluding hydrogens is 363 g/mol. The van der Waals surface area contributed by atoms with Crippen molar-refractivity contribution in [3.63, 3.8) is 0 Å². The molecule has 0 aliphatic heterocycles. The van der Waals surface area contributed by atoms with Crippen LogP contribution in [0, 0.1) is 37.8 Å². The summed E-state index contributed by atoms with van der Waals surface area (Å²) in [6.07, 6.45) is 0. The maximum Gasteiger partial charge on any atom is 0.353 e. The van der Waals surface area contributed by atoms with Gasteiger partial charge in [-0.1, -0.05) is 15.4 Å². The molecule has 0 bridgehead atoms.